The van der Waals surface area contributed by atoms with E-state index >= 15 is 0 Å². The Labute approximate surface area is 118 Å². The van der Waals surface area contributed by atoms with Gasteiger partial charge in [0, 0.05) is 12.2 Å². The third kappa shape index (κ3) is 4.54. The summed E-state index contributed by atoms with van der Waals surface area (Å²) in [4.78, 5) is 0. The highest BCUT2D eigenvalue weighted by Gasteiger charge is 2.16. The lowest BCUT2D eigenvalue weighted by Gasteiger charge is -2.23. The standard InChI is InChI=1S/C17H30N2/c1-12(7-8-18)11-19-16-13(2)9-15(10-14(16)3)17(4,5)6/h9-10,12,19H,7-8,11,18H2,1-6H3. The highest BCUT2D eigenvalue weighted by atomic mass is 14.9. The number of hydrogen-bond donors (Lipinski definition) is 2. The van der Waals surface area contributed by atoms with Gasteiger partial charge >= 0.3 is 0 Å². The first-order valence-corrected chi connectivity index (χ1v) is 7.31. The van der Waals surface area contributed by atoms with Crippen LogP contribution in [0.25, 0.3) is 0 Å². The number of benzene rings is 1. The van der Waals surface area contributed by atoms with Crippen LogP contribution in [-0.4, -0.2) is 13.1 Å². The van der Waals surface area contributed by atoms with Crippen LogP contribution in [0.15, 0.2) is 12.1 Å². The van der Waals surface area contributed by atoms with Crippen LogP contribution in [0.4, 0.5) is 5.69 Å². The summed E-state index contributed by atoms with van der Waals surface area (Å²) in [6, 6.07) is 4.62. The summed E-state index contributed by atoms with van der Waals surface area (Å²) in [5.41, 5.74) is 11.2. The third-order valence-corrected chi connectivity index (χ3v) is 3.69. The molecule has 19 heavy (non-hydrogen) atoms. The second-order valence-electron chi connectivity index (χ2n) is 6.80. The first kappa shape index (κ1) is 16.0. The average Bonchev–Trinajstić information content (AvgIpc) is 2.26. The number of nitrogens with two attached hydrogens (primary N) is 1. The fourth-order valence-corrected chi connectivity index (χ4v) is 2.34. The van der Waals surface area contributed by atoms with Gasteiger partial charge in [-0.3, -0.25) is 0 Å². The maximum atomic E-state index is 5.60. The van der Waals surface area contributed by atoms with Gasteiger partial charge in [0.25, 0.3) is 0 Å². The van der Waals surface area contributed by atoms with Crippen molar-refractivity contribution in [1.29, 1.82) is 0 Å². The summed E-state index contributed by atoms with van der Waals surface area (Å²) in [7, 11) is 0. The molecular formula is C17H30N2. The Hall–Kier alpha value is -1.02. The smallest absolute Gasteiger partial charge is 0.0399 e. The molecule has 0 aliphatic carbocycles. The van der Waals surface area contributed by atoms with E-state index < -0.39 is 0 Å². The number of anilines is 1. The number of hydrogen-bond acceptors (Lipinski definition) is 2. The van der Waals surface area contributed by atoms with Crippen molar-refractivity contribution in [2.24, 2.45) is 11.7 Å². The van der Waals surface area contributed by atoms with Crippen LogP contribution < -0.4 is 11.1 Å². The molecule has 0 aliphatic rings. The van der Waals surface area contributed by atoms with Crippen LogP contribution in [0.1, 0.15) is 50.8 Å². The van der Waals surface area contributed by atoms with Gasteiger partial charge in [-0.05, 0) is 54.8 Å². The Morgan fingerprint density at radius 2 is 1.68 bits per heavy atom. The minimum absolute atomic E-state index is 0.209. The van der Waals surface area contributed by atoms with Crippen molar-refractivity contribution < 1.29 is 0 Å². The Morgan fingerprint density at radius 1 is 1.16 bits per heavy atom. The molecule has 0 aliphatic heterocycles. The molecule has 0 saturated heterocycles. The van der Waals surface area contributed by atoms with Gasteiger partial charge in [0.2, 0.25) is 0 Å². The second kappa shape index (κ2) is 6.42. The summed E-state index contributed by atoms with van der Waals surface area (Å²) in [5.74, 6) is 0.617. The first-order chi connectivity index (χ1) is 8.75. The predicted molar refractivity (Wildman–Crippen MR) is 85.9 cm³/mol. The van der Waals surface area contributed by atoms with Crippen molar-refractivity contribution in [3.05, 3.63) is 28.8 Å². The van der Waals surface area contributed by atoms with Gasteiger partial charge in [-0.15, -0.1) is 0 Å². The third-order valence-electron chi connectivity index (χ3n) is 3.69. The van der Waals surface area contributed by atoms with Gasteiger partial charge in [-0.1, -0.05) is 39.8 Å². The lowest BCUT2D eigenvalue weighted by molar-refractivity contribution is 0.567. The normalized spacial score (nSPS) is 13.4. The van der Waals surface area contributed by atoms with Gasteiger partial charge in [-0.25, -0.2) is 0 Å². The Kier molecular flexibility index (Phi) is 5.42. The maximum absolute atomic E-state index is 5.60. The van der Waals surface area contributed by atoms with Crippen LogP contribution in [0.5, 0.6) is 0 Å². The molecule has 0 spiro atoms. The molecule has 0 heterocycles. The van der Waals surface area contributed by atoms with Crippen LogP contribution >= 0.6 is 0 Å². The number of nitrogens with one attached hydrogen (secondary N) is 1. The molecular weight excluding hydrogens is 232 g/mol. The quantitative estimate of drug-likeness (QED) is 0.842. The van der Waals surface area contributed by atoms with E-state index in [-0.39, 0.29) is 5.41 Å². The number of aryl methyl sites for hydroxylation is 2. The molecule has 0 saturated carbocycles. The molecule has 1 unspecified atom stereocenters. The average molecular weight is 262 g/mol. The van der Waals surface area contributed by atoms with Crippen LogP contribution in [0.2, 0.25) is 0 Å². The van der Waals surface area contributed by atoms with Crippen molar-refractivity contribution in [2.75, 3.05) is 18.4 Å². The van der Waals surface area contributed by atoms with E-state index in [1.165, 1.54) is 22.4 Å². The molecule has 0 amide bonds. The summed E-state index contributed by atoms with van der Waals surface area (Å²) in [6.07, 6.45) is 1.07. The lowest BCUT2D eigenvalue weighted by Crippen LogP contribution is -2.17. The minimum atomic E-state index is 0.209. The molecule has 0 bridgehead atoms. The van der Waals surface area contributed by atoms with E-state index in [9.17, 15) is 0 Å². The van der Waals surface area contributed by atoms with E-state index in [0.29, 0.717) is 5.92 Å². The van der Waals surface area contributed by atoms with Crippen LogP contribution in [-0.2, 0) is 5.41 Å². The zero-order valence-corrected chi connectivity index (χ0v) is 13.4. The molecule has 108 valence electrons. The molecule has 0 aromatic heterocycles. The zero-order chi connectivity index (χ0) is 14.6. The van der Waals surface area contributed by atoms with E-state index in [0.717, 1.165) is 19.5 Å². The summed E-state index contributed by atoms with van der Waals surface area (Å²) in [5, 5.41) is 3.59. The monoisotopic (exact) mass is 262 g/mol. The largest absolute Gasteiger partial charge is 0.384 e. The molecule has 0 fully saturated rings. The van der Waals surface area contributed by atoms with E-state index in [2.05, 4.69) is 59.0 Å². The molecule has 2 nitrogen and oxygen atoms in total. The second-order valence-corrected chi connectivity index (χ2v) is 6.80. The first-order valence-electron chi connectivity index (χ1n) is 7.31. The SMILES string of the molecule is Cc1cc(C(C)(C)C)cc(C)c1NCC(C)CCN. The molecule has 1 aromatic carbocycles. The molecule has 1 rings (SSSR count). The summed E-state index contributed by atoms with van der Waals surface area (Å²) >= 11 is 0. The van der Waals surface area contributed by atoms with Crippen molar-refractivity contribution >= 4 is 5.69 Å². The molecule has 1 atom stereocenters. The molecule has 1 aromatic rings. The van der Waals surface area contributed by atoms with Crippen molar-refractivity contribution in [2.45, 2.75) is 53.4 Å². The zero-order valence-electron chi connectivity index (χ0n) is 13.4. The molecule has 2 heteroatoms. The van der Waals surface area contributed by atoms with Crippen molar-refractivity contribution in [1.82, 2.24) is 0 Å². The van der Waals surface area contributed by atoms with Gasteiger partial charge in [0.15, 0.2) is 0 Å². The summed E-state index contributed by atoms with van der Waals surface area (Å²) < 4.78 is 0. The maximum Gasteiger partial charge on any atom is 0.0399 e. The fourth-order valence-electron chi connectivity index (χ4n) is 2.34. The van der Waals surface area contributed by atoms with Gasteiger partial charge < -0.3 is 11.1 Å². The Balaban J connectivity index is 2.86. The van der Waals surface area contributed by atoms with E-state index in [4.69, 9.17) is 5.73 Å². The predicted octanol–water partition coefficient (Wildman–Crippen LogP) is 4.00. The van der Waals surface area contributed by atoms with Crippen LogP contribution in [0, 0.1) is 19.8 Å². The topological polar surface area (TPSA) is 38.0 Å². The van der Waals surface area contributed by atoms with Crippen molar-refractivity contribution in [3.63, 3.8) is 0 Å². The van der Waals surface area contributed by atoms with Crippen LogP contribution in [0.3, 0.4) is 0 Å². The van der Waals surface area contributed by atoms with E-state index in [1.807, 2.05) is 0 Å². The van der Waals surface area contributed by atoms with Gasteiger partial charge in [0.05, 0.1) is 0 Å². The minimum Gasteiger partial charge on any atom is -0.384 e. The molecule has 3 N–H and O–H groups in total. The van der Waals surface area contributed by atoms with E-state index in [1.54, 1.807) is 0 Å². The molecule has 0 radical (unpaired) electrons. The van der Waals surface area contributed by atoms with Crippen molar-refractivity contribution in [3.8, 4) is 0 Å². The lowest BCUT2D eigenvalue weighted by atomic mass is 9.84. The highest BCUT2D eigenvalue weighted by molar-refractivity contribution is 5.59. The van der Waals surface area contributed by atoms with Gasteiger partial charge in [0.1, 0.15) is 0 Å². The summed E-state index contributed by atoms with van der Waals surface area (Å²) in [6.45, 7) is 15.2. The Bertz CT molecular complexity index is 393. The van der Waals surface area contributed by atoms with Gasteiger partial charge in [-0.2, -0.15) is 0 Å². The Morgan fingerprint density at radius 3 is 2.11 bits per heavy atom. The number of rotatable bonds is 5. The highest BCUT2D eigenvalue weighted by Crippen LogP contribution is 2.29. The fraction of sp³-hybridized carbons (Fsp3) is 0.647.